The molecule has 1 amide bonds. The van der Waals surface area contributed by atoms with Gasteiger partial charge in [0.05, 0.1) is 6.04 Å². The predicted molar refractivity (Wildman–Crippen MR) is 112 cm³/mol. The predicted octanol–water partition coefficient (Wildman–Crippen LogP) is 5.45. The fourth-order valence-corrected chi connectivity index (χ4v) is 4.50. The first-order chi connectivity index (χ1) is 13.6. The molecule has 0 heterocycles. The van der Waals surface area contributed by atoms with Crippen molar-refractivity contribution >= 4 is 5.91 Å². The van der Waals surface area contributed by atoms with Crippen LogP contribution in [0.4, 0.5) is 8.78 Å². The van der Waals surface area contributed by atoms with Gasteiger partial charge in [-0.2, -0.15) is 0 Å². The molecule has 3 nitrogen and oxygen atoms in total. The summed E-state index contributed by atoms with van der Waals surface area (Å²) in [5, 5.41) is 3.21. The number of aryl methyl sites for hydroxylation is 1. The molecule has 5 heteroatoms. The van der Waals surface area contributed by atoms with Crippen molar-refractivity contribution in [1.82, 2.24) is 10.2 Å². The number of likely N-dealkylation sites (N-methyl/N-ethyl adjacent to an activating group) is 1. The molecular formula is C24H30F2N2O. The summed E-state index contributed by atoms with van der Waals surface area (Å²) in [7, 11) is 4.11. The molecule has 0 bridgehead atoms. The van der Waals surface area contributed by atoms with Crippen molar-refractivity contribution < 1.29 is 13.6 Å². The van der Waals surface area contributed by atoms with E-state index in [2.05, 4.69) is 24.3 Å². The van der Waals surface area contributed by atoms with Gasteiger partial charge in [0.2, 0.25) is 0 Å². The molecule has 1 fully saturated rings. The Bertz CT molecular complexity index is 853. The molecule has 0 spiro atoms. The highest BCUT2D eigenvalue weighted by Gasteiger charge is 2.44. The maximum atomic E-state index is 13.8. The summed E-state index contributed by atoms with van der Waals surface area (Å²) in [5.41, 5.74) is 1.68. The third-order valence-corrected chi connectivity index (χ3v) is 6.29. The SMILES string of the molecule is Cc1ccc(C(C)(F)F)cc1C(=O)NC(c1ccccc1)C1(N(C)C)CCCC1. The Morgan fingerprint density at radius 3 is 2.28 bits per heavy atom. The monoisotopic (exact) mass is 400 g/mol. The number of halogens is 2. The number of carbonyl (C=O) groups excluding carboxylic acids is 1. The van der Waals surface area contributed by atoms with Gasteiger partial charge in [-0.15, -0.1) is 0 Å². The summed E-state index contributed by atoms with van der Waals surface area (Å²) < 4.78 is 27.7. The molecule has 1 N–H and O–H groups in total. The molecule has 1 aliphatic carbocycles. The van der Waals surface area contributed by atoms with Crippen LogP contribution in [0.2, 0.25) is 0 Å². The van der Waals surface area contributed by atoms with Gasteiger partial charge in [0, 0.05) is 23.6 Å². The molecule has 1 saturated carbocycles. The molecule has 0 aromatic heterocycles. The van der Waals surface area contributed by atoms with Crippen molar-refractivity contribution in [2.75, 3.05) is 14.1 Å². The maximum Gasteiger partial charge on any atom is 0.270 e. The van der Waals surface area contributed by atoms with E-state index >= 15 is 0 Å². The topological polar surface area (TPSA) is 32.3 Å². The minimum absolute atomic E-state index is 0.146. The van der Waals surface area contributed by atoms with Gasteiger partial charge in [0.25, 0.3) is 11.8 Å². The quantitative estimate of drug-likeness (QED) is 0.699. The third kappa shape index (κ3) is 4.35. The molecule has 0 radical (unpaired) electrons. The summed E-state index contributed by atoms with van der Waals surface area (Å²) in [6.07, 6.45) is 4.17. The van der Waals surface area contributed by atoms with Crippen molar-refractivity contribution in [3.8, 4) is 0 Å². The lowest BCUT2D eigenvalue weighted by molar-refractivity contribution is 0.0174. The lowest BCUT2D eigenvalue weighted by Gasteiger charge is -2.44. The number of benzene rings is 2. The molecule has 1 atom stereocenters. The van der Waals surface area contributed by atoms with Gasteiger partial charge in [0.15, 0.2) is 0 Å². The van der Waals surface area contributed by atoms with Gasteiger partial charge in [-0.1, -0.05) is 55.3 Å². The Kier molecular flexibility index (Phi) is 6.08. The van der Waals surface area contributed by atoms with E-state index in [1.165, 1.54) is 12.1 Å². The van der Waals surface area contributed by atoms with E-state index in [1.807, 2.05) is 30.3 Å². The summed E-state index contributed by atoms with van der Waals surface area (Å²) in [4.78, 5) is 15.5. The molecule has 3 rings (SSSR count). The Balaban J connectivity index is 2.00. The van der Waals surface area contributed by atoms with E-state index < -0.39 is 5.92 Å². The number of nitrogens with zero attached hydrogens (tertiary/aromatic N) is 1. The highest BCUT2D eigenvalue weighted by atomic mass is 19.3. The summed E-state index contributed by atoms with van der Waals surface area (Å²) >= 11 is 0. The second-order valence-corrected chi connectivity index (χ2v) is 8.44. The minimum atomic E-state index is -2.99. The van der Waals surface area contributed by atoms with Crippen LogP contribution >= 0.6 is 0 Å². The van der Waals surface area contributed by atoms with Crippen LogP contribution in [-0.2, 0) is 5.92 Å². The number of hydrogen-bond donors (Lipinski definition) is 1. The fourth-order valence-electron chi connectivity index (χ4n) is 4.50. The molecule has 0 saturated heterocycles. The van der Waals surface area contributed by atoms with Crippen LogP contribution in [0.25, 0.3) is 0 Å². The number of alkyl halides is 2. The maximum absolute atomic E-state index is 13.8. The van der Waals surface area contributed by atoms with E-state index in [0.29, 0.717) is 11.1 Å². The lowest BCUT2D eigenvalue weighted by Crippen LogP contribution is -2.53. The second-order valence-electron chi connectivity index (χ2n) is 8.44. The van der Waals surface area contributed by atoms with Gasteiger partial charge in [-0.25, -0.2) is 8.78 Å². The van der Waals surface area contributed by atoms with Crippen molar-refractivity contribution in [1.29, 1.82) is 0 Å². The number of carbonyl (C=O) groups is 1. The van der Waals surface area contributed by atoms with E-state index in [9.17, 15) is 13.6 Å². The first-order valence-electron chi connectivity index (χ1n) is 10.2. The zero-order chi connectivity index (χ0) is 21.2. The van der Waals surface area contributed by atoms with Crippen molar-refractivity contribution in [3.05, 3.63) is 70.8 Å². The zero-order valence-electron chi connectivity index (χ0n) is 17.6. The molecule has 0 aliphatic heterocycles. The number of hydrogen-bond acceptors (Lipinski definition) is 2. The lowest BCUT2D eigenvalue weighted by atomic mass is 9.82. The summed E-state index contributed by atoms with van der Waals surface area (Å²) in [6, 6.07) is 14.0. The van der Waals surface area contributed by atoms with Gasteiger partial charge in [0.1, 0.15) is 0 Å². The van der Waals surface area contributed by atoms with Crippen molar-refractivity contribution in [3.63, 3.8) is 0 Å². The Hall–Kier alpha value is -2.27. The van der Waals surface area contributed by atoms with Crippen LogP contribution in [0.1, 0.15) is 65.7 Å². The van der Waals surface area contributed by atoms with E-state index in [-0.39, 0.29) is 23.1 Å². The first-order valence-corrected chi connectivity index (χ1v) is 10.2. The number of amides is 1. The third-order valence-electron chi connectivity index (χ3n) is 6.29. The molecule has 2 aromatic carbocycles. The van der Waals surface area contributed by atoms with E-state index in [1.54, 1.807) is 13.0 Å². The fraction of sp³-hybridized carbons (Fsp3) is 0.458. The van der Waals surface area contributed by atoms with Crippen LogP contribution in [-0.4, -0.2) is 30.4 Å². The number of rotatable bonds is 6. The minimum Gasteiger partial charge on any atom is -0.343 e. The van der Waals surface area contributed by atoms with Crippen molar-refractivity contribution in [2.24, 2.45) is 0 Å². The van der Waals surface area contributed by atoms with Crippen LogP contribution < -0.4 is 5.32 Å². The van der Waals surface area contributed by atoms with Gasteiger partial charge in [-0.3, -0.25) is 4.79 Å². The Morgan fingerprint density at radius 1 is 1.10 bits per heavy atom. The molecule has 29 heavy (non-hydrogen) atoms. The standard InChI is InChI=1S/C24H30F2N2O/c1-17-12-13-19(23(2,25)26)16-20(17)22(29)27-21(18-10-6-5-7-11-18)24(28(3)4)14-8-9-15-24/h5-7,10-13,16,21H,8-9,14-15H2,1-4H3,(H,27,29). The van der Waals surface area contributed by atoms with Crippen LogP contribution in [0.5, 0.6) is 0 Å². The van der Waals surface area contributed by atoms with E-state index in [0.717, 1.165) is 38.2 Å². The Morgan fingerprint density at radius 2 is 1.72 bits per heavy atom. The smallest absolute Gasteiger partial charge is 0.270 e. The molecule has 1 aliphatic rings. The van der Waals surface area contributed by atoms with Crippen LogP contribution in [0.15, 0.2) is 48.5 Å². The molecular weight excluding hydrogens is 370 g/mol. The largest absolute Gasteiger partial charge is 0.343 e. The van der Waals surface area contributed by atoms with Gasteiger partial charge < -0.3 is 10.2 Å². The highest BCUT2D eigenvalue weighted by Crippen LogP contribution is 2.43. The normalized spacial score (nSPS) is 17.3. The van der Waals surface area contributed by atoms with Gasteiger partial charge in [-0.05, 0) is 51.1 Å². The molecule has 156 valence electrons. The second kappa shape index (κ2) is 8.23. The van der Waals surface area contributed by atoms with Crippen LogP contribution in [0.3, 0.4) is 0 Å². The Labute approximate surface area is 172 Å². The van der Waals surface area contributed by atoms with Gasteiger partial charge >= 0.3 is 0 Å². The van der Waals surface area contributed by atoms with Crippen molar-refractivity contribution in [2.45, 2.75) is 57.0 Å². The van der Waals surface area contributed by atoms with E-state index in [4.69, 9.17) is 0 Å². The average Bonchev–Trinajstić information content (AvgIpc) is 3.17. The summed E-state index contributed by atoms with van der Waals surface area (Å²) in [6.45, 7) is 2.63. The molecule has 2 aromatic rings. The first kappa shape index (κ1) is 21.4. The summed E-state index contributed by atoms with van der Waals surface area (Å²) in [5.74, 6) is -3.30. The number of nitrogens with one attached hydrogen (secondary N) is 1. The van der Waals surface area contributed by atoms with Crippen LogP contribution in [0, 0.1) is 6.92 Å². The highest BCUT2D eigenvalue weighted by molar-refractivity contribution is 5.96. The molecule has 1 unspecified atom stereocenters. The average molecular weight is 401 g/mol. The zero-order valence-corrected chi connectivity index (χ0v) is 17.6.